The third-order valence-electron chi connectivity index (χ3n) is 4.99. The van der Waals surface area contributed by atoms with E-state index in [4.69, 9.17) is 0 Å². The molecule has 3 rings (SSSR count). The highest BCUT2D eigenvalue weighted by atomic mass is 16.3. The van der Waals surface area contributed by atoms with Gasteiger partial charge in [0.25, 0.3) is 0 Å². The van der Waals surface area contributed by atoms with E-state index in [1.807, 2.05) is 0 Å². The van der Waals surface area contributed by atoms with Crippen molar-refractivity contribution in [2.45, 2.75) is 63.5 Å². The minimum absolute atomic E-state index is 0.472. The van der Waals surface area contributed by atoms with Gasteiger partial charge in [0, 0.05) is 13.1 Å². The van der Waals surface area contributed by atoms with Crippen molar-refractivity contribution in [2.24, 2.45) is 5.92 Å². The average molecular weight is 273 g/mol. The van der Waals surface area contributed by atoms with Gasteiger partial charge in [0.1, 0.15) is 0 Å². The predicted octanol–water partition coefficient (Wildman–Crippen LogP) is 3.59. The summed E-state index contributed by atoms with van der Waals surface area (Å²) in [6.07, 6.45) is 6.93. The van der Waals surface area contributed by atoms with Gasteiger partial charge in [-0.1, -0.05) is 31.2 Å². The lowest BCUT2D eigenvalue weighted by Gasteiger charge is -2.35. The van der Waals surface area contributed by atoms with E-state index in [0.717, 1.165) is 50.6 Å². The van der Waals surface area contributed by atoms with Crippen molar-refractivity contribution < 1.29 is 5.11 Å². The van der Waals surface area contributed by atoms with Crippen LogP contribution in [0.5, 0.6) is 0 Å². The number of aliphatic hydroxyl groups is 1. The van der Waals surface area contributed by atoms with Gasteiger partial charge in [-0.05, 0) is 61.5 Å². The number of hydrogen-bond acceptors (Lipinski definition) is 2. The monoisotopic (exact) mass is 273 g/mol. The average Bonchev–Trinajstić information content (AvgIpc) is 3.28. The molecular weight excluding hydrogens is 246 g/mol. The summed E-state index contributed by atoms with van der Waals surface area (Å²) in [5.74, 6) is 1.60. The van der Waals surface area contributed by atoms with Crippen LogP contribution in [0.3, 0.4) is 0 Å². The highest BCUT2D eigenvalue weighted by Crippen LogP contribution is 2.40. The fourth-order valence-corrected chi connectivity index (χ4v) is 3.29. The lowest BCUT2D eigenvalue weighted by Crippen LogP contribution is -2.43. The molecule has 2 fully saturated rings. The second-order valence-electron chi connectivity index (χ2n) is 7.03. The molecule has 0 unspecified atom stereocenters. The summed E-state index contributed by atoms with van der Waals surface area (Å²) in [6, 6.07) is 8.93. The number of hydrogen-bond donors (Lipinski definition) is 2. The Bertz CT molecular complexity index is 444. The molecule has 1 aromatic rings. The van der Waals surface area contributed by atoms with Crippen molar-refractivity contribution in [3.05, 3.63) is 35.4 Å². The first-order chi connectivity index (χ1) is 9.65. The first kappa shape index (κ1) is 14.1. The van der Waals surface area contributed by atoms with Gasteiger partial charge in [0.05, 0.1) is 5.60 Å². The molecule has 1 aromatic carbocycles. The van der Waals surface area contributed by atoms with Crippen molar-refractivity contribution >= 4 is 0 Å². The molecule has 0 bridgehead atoms. The van der Waals surface area contributed by atoms with Gasteiger partial charge in [0.15, 0.2) is 0 Å². The Kier molecular flexibility index (Phi) is 4.13. The molecule has 2 aliphatic carbocycles. The molecule has 2 saturated carbocycles. The van der Waals surface area contributed by atoms with Crippen molar-refractivity contribution in [1.29, 1.82) is 0 Å². The van der Waals surface area contributed by atoms with E-state index in [0.29, 0.717) is 0 Å². The van der Waals surface area contributed by atoms with Crippen LogP contribution in [-0.2, 0) is 6.54 Å². The molecule has 0 spiro atoms. The zero-order valence-electron chi connectivity index (χ0n) is 12.6. The van der Waals surface area contributed by atoms with Crippen LogP contribution in [-0.4, -0.2) is 17.3 Å². The minimum Gasteiger partial charge on any atom is -0.389 e. The normalized spacial score (nSPS) is 30.4. The summed E-state index contributed by atoms with van der Waals surface area (Å²) in [5.41, 5.74) is 2.37. The van der Waals surface area contributed by atoms with Gasteiger partial charge in [0.2, 0.25) is 0 Å². The second kappa shape index (κ2) is 5.87. The maximum Gasteiger partial charge on any atom is 0.0771 e. The maximum atomic E-state index is 10.6. The minimum atomic E-state index is -0.472. The maximum absolute atomic E-state index is 10.6. The highest BCUT2D eigenvalue weighted by Gasteiger charge is 2.31. The second-order valence-corrected chi connectivity index (χ2v) is 7.03. The van der Waals surface area contributed by atoms with Gasteiger partial charge in [-0.15, -0.1) is 0 Å². The fourth-order valence-electron chi connectivity index (χ4n) is 3.29. The van der Waals surface area contributed by atoms with Crippen molar-refractivity contribution in [1.82, 2.24) is 5.32 Å². The van der Waals surface area contributed by atoms with Crippen molar-refractivity contribution in [2.75, 3.05) is 6.54 Å². The molecule has 0 saturated heterocycles. The third-order valence-corrected chi connectivity index (χ3v) is 4.99. The highest BCUT2D eigenvalue weighted by molar-refractivity contribution is 5.29. The summed E-state index contributed by atoms with van der Waals surface area (Å²) in [5, 5.41) is 14.0. The number of nitrogens with one attached hydrogen (secondary N) is 1. The molecule has 110 valence electrons. The van der Waals surface area contributed by atoms with Gasteiger partial charge in [-0.3, -0.25) is 0 Å². The van der Waals surface area contributed by atoms with Gasteiger partial charge in [-0.25, -0.2) is 0 Å². The molecule has 0 heterocycles. The van der Waals surface area contributed by atoms with Crippen molar-refractivity contribution in [3.63, 3.8) is 0 Å². The van der Waals surface area contributed by atoms with E-state index in [9.17, 15) is 5.11 Å². The van der Waals surface area contributed by atoms with E-state index in [1.165, 1.54) is 24.0 Å². The largest absolute Gasteiger partial charge is 0.389 e. The van der Waals surface area contributed by atoms with Crippen LogP contribution in [0.1, 0.15) is 62.5 Å². The Labute approximate surface area is 122 Å². The van der Waals surface area contributed by atoms with E-state index >= 15 is 0 Å². The molecule has 0 amide bonds. The van der Waals surface area contributed by atoms with Crippen LogP contribution in [0.15, 0.2) is 24.3 Å². The summed E-state index contributed by atoms with van der Waals surface area (Å²) in [6.45, 7) is 3.89. The summed E-state index contributed by atoms with van der Waals surface area (Å²) < 4.78 is 0. The van der Waals surface area contributed by atoms with Crippen LogP contribution in [0, 0.1) is 5.92 Å². The lowest BCUT2D eigenvalue weighted by molar-refractivity contribution is -0.00630. The summed E-state index contributed by atoms with van der Waals surface area (Å²) in [7, 11) is 0. The Balaban J connectivity index is 1.48. The molecule has 2 nitrogen and oxygen atoms in total. The fraction of sp³-hybridized carbons (Fsp3) is 0.667. The lowest BCUT2D eigenvalue weighted by atomic mass is 9.79. The topological polar surface area (TPSA) is 32.3 Å². The Morgan fingerprint density at radius 1 is 1.20 bits per heavy atom. The van der Waals surface area contributed by atoms with Gasteiger partial charge >= 0.3 is 0 Å². The van der Waals surface area contributed by atoms with E-state index in [2.05, 4.69) is 36.5 Å². The molecular formula is C18H27NO. The molecule has 0 aliphatic heterocycles. The molecule has 2 heteroatoms. The van der Waals surface area contributed by atoms with Crippen LogP contribution in [0.2, 0.25) is 0 Å². The van der Waals surface area contributed by atoms with Crippen LogP contribution in [0.4, 0.5) is 0 Å². The molecule has 2 aliphatic rings. The molecule has 0 atom stereocenters. The third kappa shape index (κ3) is 3.62. The van der Waals surface area contributed by atoms with Gasteiger partial charge in [-0.2, -0.15) is 0 Å². The first-order valence-electron chi connectivity index (χ1n) is 8.17. The van der Waals surface area contributed by atoms with Crippen LogP contribution in [0.25, 0.3) is 0 Å². The van der Waals surface area contributed by atoms with E-state index in [1.54, 1.807) is 0 Å². The molecule has 2 N–H and O–H groups in total. The first-order valence-corrected chi connectivity index (χ1v) is 8.17. The Morgan fingerprint density at radius 3 is 2.65 bits per heavy atom. The zero-order chi connectivity index (χ0) is 14.0. The Hall–Kier alpha value is -0.860. The van der Waals surface area contributed by atoms with Crippen LogP contribution >= 0.6 is 0 Å². The summed E-state index contributed by atoms with van der Waals surface area (Å²) in [4.78, 5) is 0. The molecule has 20 heavy (non-hydrogen) atoms. The number of rotatable bonds is 5. The number of benzene rings is 1. The predicted molar refractivity (Wildman–Crippen MR) is 82.7 cm³/mol. The van der Waals surface area contributed by atoms with Crippen LogP contribution < -0.4 is 5.32 Å². The van der Waals surface area contributed by atoms with E-state index < -0.39 is 5.60 Å². The molecule has 0 aromatic heterocycles. The smallest absolute Gasteiger partial charge is 0.0771 e. The quantitative estimate of drug-likeness (QED) is 0.859. The standard InChI is InChI=1S/C18H27NO/c1-14-7-9-18(20,10-8-14)13-19-12-15-3-2-4-17(11-15)16-5-6-16/h2-4,11,14,16,19-20H,5-10,12-13H2,1H3. The zero-order valence-corrected chi connectivity index (χ0v) is 12.6. The van der Waals surface area contributed by atoms with Crippen molar-refractivity contribution in [3.8, 4) is 0 Å². The van der Waals surface area contributed by atoms with Gasteiger partial charge < -0.3 is 10.4 Å². The SMILES string of the molecule is CC1CCC(O)(CNCc2cccc(C3CC3)c2)CC1. The summed E-state index contributed by atoms with van der Waals surface area (Å²) >= 11 is 0. The van der Waals surface area contributed by atoms with E-state index in [-0.39, 0.29) is 0 Å². The molecule has 0 radical (unpaired) electrons. The Morgan fingerprint density at radius 2 is 1.95 bits per heavy atom.